The summed E-state index contributed by atoms with van der Waals surface area (Å²) in [6.07, 6.45) is 0. The minimum atomic E-state index is -0.344. The van der Waals surface area contributed by atoms with Gasteiger partial charge in [0.15, 0.2) is 0 Å². The minimum absolute atomic E-state index is 0.344. The maximum atomic E-state index is 11.0. The van der Waals surface area contributed by atoms with E-state index in [2.05, 4.69) is 5.10 Å². The second kappa shape index (κ2) is 2.45. The Bertz CT molecular complexity index is 522. The summed E-state index contributed by atoms with van der Waals surface area (Å²) in [7, 11) is 1.83. The molecule has 0 radical (unpaired) electrons. The molecule has 4 nitrogen and oxygen atoms in total. The fourth-order valence-electron chi connectivity index (χ4n) is 1.48. The molecular weight excluding hydrogens is 168 g/mol. The zero-order valence-corrected chi connectivity index (χ0v) is 7.79. The van der Waals surface area contributed by atoms with Crippen molar-refractivity contribution in [2.45, 2.75) is 13.8 Å². The lowest BCUT2D eigenvalue weighted by Gasteiger charge is -1.94. The van der Waals surface area contributed by atoms with Crippen LogP contribution in [0, 0.1) is 13.8 Å². The van der Waals surface area contributed by atoms with E-state index in [1.165, 1.54) is 6.07 Å². The average molecular weight is 178 g/mol. The largest absolute Gasteiger partial charge is 0.402 e. The fraction of sp³-hybridized carbons (Fsp3) is 0.333. The Hall–Kier alpha value is -1.58. The van der Waals surface area contributed by atoms with Gasteiger partial charge >= 0.3 is 5.63 Å². The molecule has 0 fully saturated rings. The van der Waals surface area contributed by atoms with Gasteiger partial charge in [0.25, 0.3) is 0 Å². The summed E-state index contributed by atoms with van der Waals surface area (Å²) in [5, 5.41) is 5.02. The molecule has 0 aliphatic heterocycles. The van der Waals surface area contributed by atoms with Gasteiger partial charge in [0.05, 0.1) is 5.39 Å². The summed E-state index contributed by atoms with van der Waals surface area (Å²) in [6.45, 7) is 3.83. The molecule has 2 aromatic rings. The predicted octanol–water partition coefficient (Wildman–Crippen LogP) is 1.14. The molecule has 2 rings (SSSR count). The van der Waals surface area contributed by atoms with Crippen molar-refractivity contribution < 1.29 is 4.42 Å². The third kappa shape index (κ3) is 1.06. The van der Waals surface area contributed by atoms with Crippen molar-refractivity contribution in [3.8, 4) is 0 Å². The van der Waals surface area contributed by atoms with E-state index in [-0.39, 0.29) is 5.63 Å². The van der Waals surface area contributed by atoms with Crippen LogP contribution >= 0.6 is 0 Å². The average Bonchev–Trinajstić information content (AvgIpc) is 2.27. The molecule has 0 aromatic carbocycles. The highest BCUT2D eigenvalue weighted by Gasteiger charge is 2.09. The highest BCUT2D eigenvalue weighted by Crippen LogP contribution is 2.18. The van der Waals surface area contributed by atoms with Crippen LogP contribution in [0.25, 0.3) is 11.1 Å². The molecular formula is C9H10N2O2. The molecule has 13 heavy (non-hydrogen) atoms. The molecule has 0 aliphatic rings. The maximum Gasteiger partial charge on any atom is 0.337 e. The molecule has 0 unspecified atom stereocenters. The molecule has 0 bridgehead atoms. The van der Waals surface area contributed by atoms with Crippen molar-refractivity contribution in [3.63, 3.8) is 0 Å². The number of hydrogen-bond donors (Lipinski definition) is 0. The number of rotatable bonds is 0. The number of nitrogens with zero attached hydrogens (tertiary/aromatic N) is 2. The molecule has 0 spiro atoms. The lowest BCUT2D eigenvalue weighted by molar-refractivity contribution is 0.539. The van der Waals surface area contributed by atoms with Crippen LogP contribution in [-0.2, 0) is 7.05 Å². The normalized spacial score (nSPS) is 11.0. The first kappa shape index (κ1) is 8.04. The van der Waals surface area contributed by atoms with E-state index in [1.807, 2.05) is 20.9 Å². The van der Waals surface area contributed by atoms with Crippen LogP contribution in [0.15, 0.2) is 15.3 Å². The first-order valence-electron chi connectivity index (χ1n) is 4.03. The SMILES string of the molecule is Cc1cc(=O)oc2nn(C)c(C)c12. The van der Waals surface area contributed by atoms with Crippen molar-refractivity contribution in [2.24, 2.45) is 7.05 Å². The summed E-state index contributed by atoms with van der Waals surface area (Å²) in [4.78, 5) is 11.0. The van der Waals surface area contributed by atoms with E-state index in [0.29, 0.717) is 5.71 Å². The molecule has 2 heterocycles. The van der Waals surface area contributed by atoms with Crippen LogP contribution < -0.4 is 5.63 Å². The predicted molar refractivity (Wildman–Crippen MR) is 48.7 cm³/mol. The number of aryl methyl sites for hydroxylation is 3. The summed E-state index contributed by atoms with van der Waals surface area (Å²) >= 11 is 0. The van der Waals surface area contributed by atoms with Crippen molar-refractivity contribution in [1.29, 1.82) is 0 Å². The van der Waals surface area contributed by atoms with Gasteiger partial charge in [-0.15, -0.1) is 5.10 Å². The first-order chi connectivity index (χ1) is 6.09. The highest BCUT2D eigenvalue weighted by molar-refractivity contribution is 5.79. The molecule has 0 aliphatic carbocycles. The molecule has 4 heteroatoms. The van der Waals surface area contributed by atoms with Crippen molar-refractivity contribution in [3.05, 3.63) is 27.7 Å². The lowest BCUT2D eigenvalue weighted by Crippen LogP contribution is -1.96. The second-order valence-electron chi connectivity index (χ2n) is 3.14. The third-order valence-electron chi connectivity index (χ3n) is 2.23. The molecule has 68 valence electrons. The summed E-state index contributed by atoms with van der Waals surface area (Å²) < 4.78 is 6.67. The van der Waals surface area contributed by atoms with Crippen LogP contribution in [0.4, 0.5) is 0 Å². The molecule has 0 amide bonds. The molecule has 2 aromatic heterocycles. The standard InChI is InChI=1S/C9H10N2O2/c1-5-4-7(12)13-9-8(5)6(2)11(3)10-9/h4H,1-3H3. The molecule has 0 saturated carbocycles. The second-order valence-corrected chi connectivity index (χ2v) is 3.14. The van der Waals surface area contributed by atoms with Gasteiger partial charge in [-0.2, -0.15) is 0 Å². The van der Waals surface area contributed by atoms with Crippen LogP contribution in [0.3, 0.4) is 0 Å². The van der Waals surface area contributed by atoms with E-state index < -0.39 is 0 Å². The number of fused-ring (bicyclic) bond motifs is 1. The Balaban J connectivity index is 3.03. The first-order valence-corrected chi connectivity index (χ1v) is 4.03. The minimum Gasteiger partial charge on any atom is -0.402 e. The van der Waals surface area contributed by atoms with Gasteiger partial charge in [0.1, 0.15) is 0 Å². The van der Waals surface area contributed by atoms with Crippen molar-refractivity contribution >= 4 is 11.1 Å². The van der Waals surface area contributed by atoms with Crippen molar-refractivity contribution in [1.82, 2.24) is 9.78 Å². The van der Waals surface area contributed by atoms with Crippen LogP contribution in [0.5, 0.6) is 0 Å². The van der Waals surface area contributed by atoms with E-state index in [0.717, 1.165) is 16.6 Å². The van der Waals surface area contributed by atoms with Gasteiger partial charge in [0.2, 0.25) is 5.71 Å². The Labute approximate surface area is 74.8 Å². The Kier molecular flexibility index (Phi) is 1.52. The lowest BCUT2D eigenvalue weighted by atomic mass is 10.2. The van der Waals surface area contributed by atoms with Crippen LogP contribution in [-0.4, -0.2) is 9.78 Å². The maximum absolute atomic E-state index is 11.0. The number of hydrogen-bond acceptors (Lipinski definition) is 3. The molecule has 0 saturated heterocycles. The Morgan fingerprint density at radius 1 is 1.46 bits per heavy atom. The smallest absolute Gasteiger partial charge is 0.337 e. The quantitative estimate of drug-likeness (QED) is 0.607. The third-order valence-corrected chi connectivity index (χ3v) is 2.23. The van der Waals surface area contributed by atoms with Gasteiger partial charge in [-0.25, -0.2) is 4.79 Å². The van der Waals surface area contributed by atoms with Gasteiger partial charge < -0.3 is 4.42 Å². The number of aromatic nitrogens is 2. The van der Waals surface area contributed by atoms with E-state index >= 15 is 0 Å². The topological polar surface area (TPSA) is 48.0 Å². The van der Waals surface area contributed by atoms with Gasteiger partial charge in [0, 0.05) is 18.8 Å². The fourth-order valence-corrected chi connectivity index (χ4v) is 1.48. The molecule has 0 N–H and O–H groups in total. The summed E-state index contributed by atoms with van der Waals surface area (Å²) in [5.74, 6) is 0. The zero-order valence-electron chi connectivity index (χ0n) is 7.79. The monoisotopic (exact) mass is 178 g/mol. The van der Waals surface area contributed by atoms with Gasteiger partial charge in [-0.3, -0.25) is 4.68 Å². The van der Waals surface area contributed by atoms with E-state index in [4.69, 9.17) is 4.42 Å². The van der Waals surface area contributed by atoms with Crippen LogP contribution in [0.2, 0.25) is 0 Å². The summed E-state index contributed by atoms with van der Waals surface area (Å²) in [6, 6.07) is 1.48. The zero-order chi connectivity index (χ0) is 9.59. The van der Waals surface area contributed by atoms with E-state index in [1.54, 1.807) is 4.68 Å². The van der Waals surface area contributed by atoms with Gasteiger partial charge in [-0.05, 0) is 19.4 Å². The summed E-state index contributed by atoms with van der Waals surface area (Å²) in [5.41, 5.74) is 2.00. The van der Waals surface area contributed by atoms with Gasteiger partial charge in [-0.1, -0.05) is 0 Å². The molecule has 0 atom stereocenters. The van der Waals surface area contributed by atoms with Crippen molar-refractivity contribution in [2.75, 3.05) is 0 Å². The highest BCUT2D eigenvalue weighted by atomic mass is 16.4. The Morgan fingerprint density at radius 3 is 2.85 bits per heavy atom. The van der Waals surface area contributed by atoms with E-state index in [9.17, 15) is 4.79 Å². The van der Waals surface area contributed by atoms with Crippen LogP contribution in [0.1, 0.15) is 11.3 Å². The Morgan fingerprint density at radius 2 is 2.15 bits per heavy atom.